The molecule has 5 nitrogen and oxygen atoms in total. The summed E-state index contributed by atoms with van der Waals surface area (Å²) < 4.78 is 11.3. The van der Waals surface area contributed by atoms with E-state index in [0.717, 1.165) is 24.2 Å². The fraction of sp³-hybridized carbons (Fsp3) is 0.409. The summed E-state index contributed by atoms with van der Waals surface area (Å²) in [5, 5.41) is 3.00. The van der Waals surface area contributed by atoms with Gasteiger partial charge < -0.3 is 14.8 Å². The van der Waals surface area contributed by atoms with E-state index in [1.54, 1.807) is 7.11 Å². The van der Waals surface area contributed by atoms with E-state index >= 15 is 0 Å². The fourth-order valence-electron chi connectivity index (χ4n) is 3.25. The number of nitrogens with zero attached hydrogens (tertiary/aromatic N) is 1. The predicted octanol–water partition coefficient (Wildman–Crippen LogP) is 3.38. The topological polar surface area (TPSA) is 50.8 Å². The zero-order valence-corrected chi connectivity index (χ0v) is 15.9. The van der Waals surface area contributed by atoms with Crippen LogP contribution in [0.2, 0.25) is 0 Å². The molecule has 144 valence electrons. The first kappa shape index (κ1) is 19.2. The molecule has 3 rings (SSSR count). The first-order valence-electron chi connectivity index (χ1n) is 9.57. The third-order valence-electron chi connectivity index (χ3n) is 4.77. The molecule has 1 saturated heterocycles. The Morgan fingerprint density at radius 2 is 1.78 bits per heavy atom. The fourth-order valence-corrected chi connectivity index (χ4v) is 3.25. The average Bonchev–Trinajstić information content (AvgIpc) is 2.72. The van der Waals surface area contributed by atoms with Crippen LogP contribution in [-0.4, -0.2) is 37.6 Å². The number of piperidine rings is 1. The monoisotopic (exact) mass is 368 g/mol. The van der Waals surface area contributed by atoms with Gasteiger partial charge in [-0.05, 0) is 49.2 Å². The van der Waals surface area contributed by atoms with E-state index in [9.17, 15) is 4.79 Å². The molecular weight excluding hydrogens is 340 g/mol. The molecule has 1 fully saturated rings. The van der Waals surface area contributed by atoms with Gasteiger partial charge in [-0.15, -0.1) is 0 Å². The van der Waals surface area contributed by atoms with Crippen LogP contribution >= 0.6 is 0 Å². The van der Waals surface area contributed by atoms with Crippen LogP contribution in [0.4, 0.5) is 0 Å². The number of likely N-dealkylation sites (tertiary alicyclic amines) is 1. The van der Waals surface area contributed by atoms with E-state index in [1.165, 1.54) is 19.3 Å². The smallest absolute Gasteiger partial charge is 0.234 e. The van der Waals surface area contributed by atoms with E-state index in [4.69, 9.17) is 9.47 Å². The molecule has 0 saturated carbocycles. The normalized spacial score (nSPS) is 14.6. The maximum Gasteiger partial charge on any atom is 0.234 e. The van der Waals surface area contributed by atoms with Crippen LogP contribution in [0.1, 0.15) is 30.4 Å². The predicted molar refractivity (Wildman–Crippen MR) is 106 cm³/mol. The highest BCUT2D eigenvalue weighted by atomic mass is 16.5. The molecule has 2 aromatic rings. The maximum absolute atomic E-state index is 12.2. The third kappa shape index (κ3) is 6.00. The summed E-state index contributed by atoms with van der Waals surface area (Å²) in [6, 6.07) is 15.8. The lowest BCUT2D eigenvalue weighted by atomic mass is 10.1. The number of carbonyl (C=O) groups excluding carboxylic acids is 1. The first-order chi connectivity index (χ1) is 13.2. The van der Waals surface area contributed by atoms with E-state index < -0.39 is 0 Å². The van der Waals surface area contributed by atoms with Crippen molar-refractivity contribution in [2.24, 2.45) is 0 Å². The summed E-state index contributed by atoms with van der Waals surface area (Å²) in [4.78, 5) is 14.4. The Balaban J connectivity index is 1.51. The van der Waals surface area contributed by atoms with Crippen molar-refractivity contribution in [2.75, 3.05) is 26.7 Å². The van der Waals surface area contributed by atoms with Crippen LogP contribution in [0, 0.1) is 0 Å². The maximum atomic E-state index is 12.2. The Morgan fingerprint density at radius 1 is 1.00 bits per heavy atom. The number of nitrogens with one attached hydrogen (secondary N) is 1. The lowest BCUT2D eigenvalue weighted by Gasteiger charge is -2.25. The van der Waals surface area contributed by atoms with Gasteiger partial charge in [-0.3, -0.25) is 9.69 Å². The number of methoxy groups -OCH3 is 1. The molecule has 2 aromatic carbocycles. The van der Waals surface area contributed by atoms with Crippen molar-refractivity contribution >= 4 is 5.91 Å². The second kappa shape index (κ2) is 9.97. The number of ether oxygens (including phenoxy) is 2. The molecule has 0 radical (unpaired) electrons. The Kier molecular flexibility index (Phi) is 7.11. The molecule has 0 bridgehead atoms. The number of amides is 1. The van der Waals surface area contributed by atoms with Gasteiger partial charge >= 0.3 is 0 Å². The number of rotatable bonds is 8. The van der Waals surface area contributed by atoms with E-state index in [1.807, 2.05) is 48.5 Å². The Bertz CT molecular complexity index is 728. The van der Waals surface area contributed by atoms with Gasteiger partial charge in [0, 0.05) is 6.54 Å². The molecule has 1 N–H and O–H groups in total. The Hall–Kier alpha value is -2.53. The number of carbonyl (C=O) groups is 1. The molecule has 1 aliphatic rings. The van der Waals surface area contributed by atoms with Crippen molar-refractivity contribution in [3.8, 4) is 11.5 Å². The third-order valence-corrected chi connectivity index (χ3v) is 4.77. The first-order valence-corrected chi connectivity index (χ1v) is 9.57. The average molecular weight is 368 g/mol. The summed E-state index contributed by atoms with van der Waals surface area (Å²) in [5.74, 6) is 1.44. The molecule has 0 spiro atoms. The minimum Gasteiger partial charge on any atom is -0.493 e. The van der Waals surface area contributed by atoms with Crippen LogP contribution in [0.3, 0.4) is 0 Å². The van der Waals surface area contributed by atoms with Crippen molar-refractivity contribution < 1.29 is 14.3 Å². The SMILES string of the molecule is COc1cc(CNC(=O)CN2CCCCC2)ccc1OCc1ccccc1. The summed E-state index contributed by atoms with van der Waals surface area (Å²) in [5.41, 5.74) is 2.10. The number of benzene rings is 2. The second-order valence-electron chi connectivity index (χ2n) is 6.87. The van der Waals surface area contributed by atoms with Gasteiger partial charge in [0.1, 0.15) is 6.61 Å². The van der Waals surface area contributed by atoms with Crippen molar-refractivity contribution in [3.05, 3.63) is 59.7 Å². The van der Waals surface area contributed by atoms with Crippen molar-refractivity contribution in [3.63, 3.8) is 0 Å². The molecule has 5 heteroatoms. The number of hydrogen-bond acceptors (Lipinski definition) is 4. The largest absolute Gasteiger partial charge is 0.493 e. The van der Waals surface area contributed by atoms with Crippen molar-refractivity contribution in [1.82, 2.24) is 10.2 Å². The highest BCUT2D eigenvalue weighted by Gasteiger charge is 2.14. The van der Waals surface area contributed by atoms with Gasteiger partial charge in [-0.25, -0.2) is 0 Å². The van der Waals surface area contributed by atoms with Crippen LogP contribution in [0.25, 0.3) is 0 Å². The van der Waals surface area contributed by atoms with Gasteiger partial charge in [0.15, 0.2) is 11.5 Å². The summed E-state index contributed by atoms with van der Waals surface area (Å²) >= 11 is 0. The van der Waals surface area contributed by atoms with E-state index in [-0.39, 0.29) is 5.91 Å². The molecule has 0 atom stereocenters. The molecule has 0 aliphatic carbocycles. The minimum atomic E-state index is 0.0697. The van der Waals surface area contributed by atoms with Crippen LogP contribution in [0.15, 0.2) is 48.5 Å². The van der Waals surface area contributed by atoms with Gasteiger partial charge in [0.25, 0.3) is 0 Å². The van der Waals surface area contributed by atoms with Gasteiger partial charge in [0.2, 0.25) is 5.91 Å². The molecule has 27 heavy (non-hydrogen) atoms. The summed E-state index contributed by atoms with van der Waals surface area (Å²) in [7, 11) is 1.63. The standard InChI is InChI=1S/C22H28N2O3/c1-26-21-14-19(15-23-22(25)16-24-12-6-3-7-13-24)10-11-20(21)27-17-18-8-4-2-5-9-18/h2,4-5,8-11,14H,3,6-7,12-13,15-17H2,1H3,(H,23,25). The zero-order valence-electron chi connectivity index (χ0n) is 15.9. The van der Waals surface area contributed by atoms with Gasteiger partial charge in [0.05, 0.1) is 13.7 Å². The van der Waals surface area contributed by atoms with Crippen molar-refractivity contribution in [2.45, 2.75) is 32.4 Å². The second-order valence-corrected chi connectivity index (χ2v) is 6.87. The summed E-state index contributed by atoms with van der Waals surface area (Å²) in [6.07, 6.45) is 3.65. The summed E-state index contributed by atoms with van der Waals surface area (Å²) in [6.45, 7) is 3.50. The molecule has 1 heterocycles. The van der Waals surface area contributed by atoms with Gasteiger partial charge in [-0.2, -0.15) is 0 Å². The lowest BCUT2D eigenvalue weighted by Crippen LogP contribution is -2.39. The van der Waals surface area contributed by atoms with Crippen LogP contribution < -0.4 is 14.8 Å². The lowest BCUT2D eigenvalue weighted by molar-refractivity contribution is -0.122. The highest BCUT2D eigenvalue weighted by Crippen LogP contribution is 2.28. The molecule has 0 unspecified atom stereocenters. The molecular formula is C22H28N2O3. The number of hydrogen-bond donors (Lipinski definition) is 1. The van der Waals surface area contributed by atoms with Crippen molar-refractivity contribution in [1.29, 1.82) is 0 Å². The molecule has 1 aliphatic heterocycles. The quantitative estimate of drug-likeness (QED) is 0.776. The Morgan fingerprint density at radius 3 is 2.52 bits per heavy atom. The zero-order chi connectivity index (χ0) is 18.9. The highest BCUT2D eigenvalue weighted by molar-refractivity contribution is 5.78. The van der Waals surface area contributed by atoms with Gasteiger partial charge in [-0.1, -0.05) is 42.8 Å². The molecule has 1 amide bonds. The minimum absolute atomic E-state index is 0.0697. The van der Waals surface area contributed by atoms with Crippen LogP contribution in [0.5, 0.6) is 11.5 Å². The van der Waals surface area contributed by atoms with E-state index in [2.05, 4.69) is 10.2 Å². The van der Waals surface area contributed by atoms with E-state index in [0.29, 0.717) is 31.2 Å². The molecule has 0 aromatic heterocycles. The Labute approximate surface area is 161 Å². The van der Waals surface area contributed by atoms with Crippen LogP contribution in [-0.2, 0) is 17.9 Å².